The van der Waals surface area contributed by atoms with Gasteiger partial charge in [-0.3, -0.25) is 4.79 Å². The van der Waals surface area contributed by atoms with Gasteiger partial charge in [-0.1, -0.05) is 12.1 Å². The van der Waals surface area contributed by atoms with Crippen molar-refractivity contribution in [2.45, 2.75) is 12.8 Å². The molecule has 160 valence electrons. The van der Waals surface area contributed by atoms with Crippen LogP contribution in [0.3, 0.4) is 0 Å². The van der Waals surface area contributed by atoms with Crippen LogP contribution in [0.1, 0.15) is 23.2 Å². The summed E-state index contributed by atoms with van der Waals surface area (Å²) in [6.45, 7) is 3.86. The smallest absolute Gasteiger partial charge is 0.251 e. The Morgan fingerprint density at radius 2 is 1.65 bits per heavy atom. The molecule has 1 aliphatic heterocycles. The van der Waals surface area contributed by atoms with Crippen molar-refractivity contribution >= 4 is 17.5 Å². The van der Waals surface area contributed by atoms with Gasteiger partial charge in [0.25, 0.3) is 5.91 Å². The summed E-state index contributed by atoms with van der Waals surface area (Å²) in [4.78, 5) is 23.5. The first-order chi connectivity index (χ1) is 15.2. The number of carbonyl (C=O) groups excluding carboxylic acids is 1. The second kappa shape index (κ2) is 10.0. The van der Waals surface area contributed by atoms with Gasteiger partial charge in [0.15, 0.2) is 0 Å². The number of nitrogens with one attached hydrogen (secondary N) is 2. The van der Waals surface area contributed by atoms with Crippen molar-refractivity contribution in [2.75, 3.05) is 38.6 Å². The first-order valence-corrected chi connectivity index (χ1v) is 10.6. The molecule has 2 heterocycles. The van der Waals surface area contributed by atoms with Crippen LogP contribution in [0.5, 0.6) is 5.75 Å². The van der Waals surface area contributed by atoms with Crippen molar-refractivity contribution in [1.82, 2.24) is 20.2 Å². The molecule has 1 aromatic heterocycles. The molecular formula is C24H27N5O2. The Hall–Kier alpha value is -3.45. The molecule has 3 aromatic rings. The van der Waals surface area contributed by atoms with E-state index in [9.17, 15) is 4.79 Å². The summed E-state index contributed by atoms with van der Waals surface area (Å²) in [5, 5.41) is 6.16. The Balaban J connectivity index is 1.30. The SMILES string of the molecule is COc1ccc(-c2cnc(Nc3ccc(C(=O)NCCN4CCCC4)cc3)nc2)cc1. The van der Waals surface area contributed by atoms with Crippen LogP contribution in [0.15, 0.2) is 60.9 Å². The molecular weight excluding hydrogens is 390 g/mol. The third kappa shape index (κ3) is 5.58. The predicted molar refractivity (Wildman–Crippen MR) is 122 cm³/mol. The lowest BCUT2D eigenvalue weighted by Crippen LogP contribution is -2.33. The zero-order valence-electron chi connectivity index (χ0n) is 17.7. The van der Waals surface area contributed by atoms with Gasteiger partial charge in [0, 0.05) is 42.3 Å². The van der Waals surface area contributed by atoms with E-state index in [0.29, 0.717) is 18.1 Å². The Morgan fingerprint density at radius 3 is 2.29 bits per heavy atom. The number of ether oxygens (including phenoxy) is 1. The highest BCUT2D eigenvalue weighted by atomic mass is 16.5. The number of benzene rings is 2. The van der Waals surface area contributed by atoms with Crippen LogP contribution in [0.2, 0.25) is 0 Å². The van der Waals surface area contributed by atoms with Crippen LogP contribution in [-0.4, -0.2) is 54.1 Å². The molecule has 0 saturated carbocycles. The van der Waals surface area contributed by atoms with Crippen LogP contribution < -0.4 is 15.4 Å². The van der Waals surface area contributed by atoms with Crippen LogP contribution >= 0.6 is 0 Å². The Bertz CT molecular complexity index is 982. The van der Waals surface area contributed by atoms with E-state index >= 15 is 0 Å². The van der Waals surface area contributed by atoms with Crippen molar-refractivity contribution in [3.63, 3.8) is 0 Å². The van der Waals surface area contributed by atoms with Gasteiger partial charge >= 0.3 is 0 Å². The maximum Gasteiger partial charge on any atom is 0.251 e. The molecule has 0 radical (unpaired) electrons. The lowest BCUT2D eigenvalue weighted by Gasteiger charge is -2.14. The van der Waals surface area contributed by atoms with Gasteiger partial charge in [-0.05, 0) is 67.9 Å². The van der Waals surface area contributed by atoms with Crippen LogP contribution in [-0.2, 0) is 0 Å². The summed E-state index contributed by atoms with van der Waals surface area (Å²) in [5.41, 5.74) is 3.41. The number of hydrogen-bond donors (Lipinski definition) is 2. The van der Waals surface area contributed by atoms with Gasteiger partial charge < -0.3 is 20.3 Å². The average molecular weight is 418 g/mol. The fourth-order valence-electron chi connectivity index (χ4n) is 3.60. The number of nitrogens with zero attached hydrogens (tertiary/aromatic N) is 3. The number of carbonyl (C=O) groups is 1. The summed E-state index contributed by atoms with van der Waals surface area (Å²) in [6.07, 6.45) is 6.07. The van der Waals surface area contributed by atoms with E-state index in [2.05, 4.69) is 25.5 Å². The number of rotatable bonds is 8. The number of likely N-dealkylation sites (tertiary alicyclic amines) is 1. The Kier molecular flexibility index (Phi) is 6.74. The topological polar surface area (TPSA) is 79.4 Å². The van der Waals surface area contributed by atoms with E-state index < -0.39 is 0 Å². The predicted octanol–water partition coefficient (Wildman–Crippen LogP) is 3.72. The van der Waals surface area contributed by atoms with E-state index in [0.717, 1.165) is 42.2 Å². The highest BCUT2D eigenvalue weighted by Crippen LogP contribution is 2.22. The van der Waals surface area contributed by atoms with Crippen molar-refractivity contribution in [3.8, 4) is 16.9 Å². The highest BCUT2D eigenvalue weighted by Gasteiger charge is 2.12. The third-order valence-electron chi connectivity index (χ3n) is 5.39. The molecule has 1 fully saturated rings. The molecule has 4 rings (SSSR count). The number of aromatic nitrogens is 2. The molecule has 1 aliphatic rings. The van der Waals surface area contributed by atoms with Gasteiger partial charge in [0.05, 0.1) is 7.11 Å². The molecule has 31 heavy (non-hydrogen) atoms. The normalized spacial score (nSPS) is 13.7. The van der Waals surface area contributed by atoms with Crippen LogP contribution in [0, 0.1) is 0 Å². The zero-order valence-corrected chi connectivity index (χ0v) is 17.7. The monoisotopic (exact) mass is 417 g/mol. The first kappa shape index (κ1) is 20.8. The van der Waals surface area contributed by atoms with Gasteiger partial charge in [0.2, 0.25) is 5.95 Å². The van der Waals surface area contributed by atoms with Gasteiger partial charge in [-0.15, -0.1) is 0 Å². The van der Waals surface area contributed by atoms with E-state index in [-0.39, 0.29) is 5.91 Å². The van der Waals surface area contributed by atoms with Crippen molar-refractivity contribution in [2.24, 2.45) is 0 Å². The lowest BCUT2D eigenvalue weighted by molar-refractivity contribution is 0.0950. The molecule has 0 aliphatic carbocycles. The standard InChI is InChI=1S/C24H27N5O2/c1-31-22-10-6-18(7-11-22)20-16-26-24(27-17-20)28-21-8-4-19(5-9-21)23(30)25-12-15-29-13-2-3-14-29/h4-11,16-17H,2-3,12-15H2,1H3,(H,25,30)(H,26,27,28). The molecule has 0 bridgehead atoms. The van der Waals surface area contributed by atoms with E-state index in [1.165, 1.54) is 12.8 Å². The molecule has 1 amide bonds. The van der Waals surface area contributed by atoms with Crippen LogP contribution in [0.4, 0.5) is 11.6 Å². The molecule has 0 spiro atoms. The summed E-state index contributed by atoms with van der Waals surface area (Å²) < 4.78 is 5.19. The summed E-state index contributed by atoms with van der Waals surface area (Å²) in [7, 11) is 1.65. The van der Waals surface area contributed by atoms with Crippen molar-refractivity contribution in [3.05, 3.63) is 66.5 Å². The Morgan fingerprint density at radius 1 is 0.968 bits per heavy atom. The Labute approximate surface area is 182 Å². The largest absolute Gasteiger partial charge is 0.497 e. The molecule has 0 unspecified atom stereocenters. The maximum absolute atomic E-state index is 12.3. The average Bonchev–Trinajstić information content (AvgIpc) is 3.34. The molecule has 2 aromatic carbocycles. The number of hydrogen-bond acceptors (Lipinski definition) is 6. The molecule has 2 N–H and O–H groups in total. The minimum absolute atomic E-state index is 0.0501. The molecule has 1 saturated heterocycles. The van der Waals surface area contributed by atoms with E-state index in [1.54, 1.807) is 31.6 Å². The number of amides is 1. The fraction of sp³-hybridized carbons (Fsp3) is 0.292. The van der Waals surface area contributed by atoms with Gasteiger partial charge in [-0.2, -0.15) is 0 Å². The van der Waals surface area contributed by atoms with Crippen molar-refractivity contribution < 1.29 is 9.53 Å². The zero-order chi connectivity index (χ0) is 21.5. The van der Waals surface area contributed by atoms with Gasteiger partial charge in [0.1, 0.15) is 5.75 Å². The lowest BCUT2D eigenvalue weighted by atomic mass is 10.1. The second-order valence-corrected chi connectivity index (χ2v) is 7.53. The fourth-order valence-corrected chi connectivity index (χ4v) is 3.60. The maximum atomic E-state index is 12.3. The molecule has 7 nitrogen and oxygen atoms in total. The summed E-state index contributed by atoms with van der Waals surface area (Å²) in [5.74, 6) is 1.26. The van der Waals surface area contributed by atoms with E-state index in [1.807, 2.05) is 36.4 Å². The molecule has 7 heteroatoms. The number of anilines is 2. The minimum atomic E-state index is -0.0501. The van der Waals surface area contributed by atoms with Crippen molar-refractivity contribution in [1.29, 1.82) is 0 Å². The quantitative estimate of drug-likeness (QED) is 0.582. The summed E-state index contributed by atoms with van der Waals surface area (Å²) in [6, 6.07) is 15.1. The minimum Gasteiger partial charge on any atom is -0.497 e. The summed E-state index contributed by atoms with van der Waals surface area (Å²) >= 11 is 0. The van der Waals surface area contributed by atoms with Gasteiger partial charge in [-0.25, -0.2) is 9.97 Å². The van der Waals surface area contributed by atoms with Crippen LogP contribution in [0.25, 0.3) is 11.1 Å². The number of methoxy groups -OCH3 is 1. The molecule has 0 atom stereocenters. The van der Waals surface area contributed by atoms with E-state index in [4.69, 9.17) is 4.74 Å². The first-order valence-electron chi connectivity index (χ1n) is 10.6. The highest BCUT2D eigenvalue weighted by molar-refractivity contribution is 5.94. The second-order valence-electron chi connectivity index (χ2n) is 7.53. The third-order valence-corrected chi connectivity index (χ3v) is 5.39.